The van der Waals surface area contributed by atoms with E-state index in [4.69, 9.17) is 17.3 Å². The molecule has 0 saturated heterocycles. The summed E-state index contributed by atoms with van der Waals surface area (Å²) >= 11 is 6.01. The third-order valence-electron chi connectivity index (χ3n) is 3.65. The average Bonchev–Trinajstić information content (AvgIpc) is 2.17. The first-order chi connectivity index (χ1) is 7.15. The minimum absolute atomic E-state index is 0.389. The van der Waals surface area contributed by atoms with Crippen LogP contribution < -0.4 is 5.73 Å². The summed E-state index contributed by atoms with van der Waals surface area (Å²) in [5.41, 5.74) is 8.79. The van der Waals surface area contributed by atoms with Crippen LogP contribution in [0.15, 0.2) is 18.2 Å². The van der Waals surface area contributed by atoms with Gasteiger partial charge in [0.05, 0.1) is 0 Å². The van der Waals surface area contributed by atoms with Gasteiger partial charge in [-0.15, -0.1) is 0 Å². The lowest BCUT2D eigenvalue weighted by Gasteiger charge is -2.41. The Morgan fingerprint density at radius 1 is 1.40 bits per heavy atom. The fourth-order valence-electron chi connectivity index (χ4n) is 2.38. The second kappa shape index (κ2) is 4.15. The Kier molecular flexibility index (Phi) is 3.03. The zero-order valence-corrected chi connectivity index (χ0v) is 9.98. The number of hydrogen-bond acceptors (Lipinski definition) is 1. The number of rotatable bonds is 3. The summed E-state index contributed by atoms with van der Waals surface area (Å²) in [6.45, 7) is 2.87. The van der Waals surface area contributed by atoms with Crippen molar-refractivity contribution >= 4 is 11.6 Å². The van der Waals surface area contributed by atoms with Crippen LogP contribution in [0.5, 0.6) is 0 Å². The quantitative estimate of drug-likeness (QED) is 0.836. The van der Waals surface area contributed by atoms with Gasteiger partial charge in [0.15, 0.2) is 0 Å². The molecule has 0 unspecified atom stereocenters. The molecule has 1 fully saturated rings. The molecule has 1 aliphatic carbocycles. The average molecular weight is 224 g/mol. The van der Waals surface area contributed by atoms with Gasteiger partial charge in [-0.25, -0.2) is 0 Å². The highest BCUT2D eigenvalue weighted by atomic mass is 35.5. The summed E-state index contributed by atoms with van der Waals surface area (Å²) in [7, 11) is 0. The largest absolute Gasteiger partial charge is 0.330 e. The Labute approximate surface area is 96.6 Å². The van der Waals surface area contributed by atoms with Crippen molar-refractivity contribution in [2.24, 2.45) is 11.1 Å². The van der Waals surface area contributed by atoms with E-state index in [0.29, 0.717) is 5.41 Å². The van der Waals surface area contributed by atoms with E-state index in [1.165, 1.54) is 30.4 Å². The zero-order chi connectivity index (χ0) is 10.9. The van der Waals surface area contributed by atoms with Crippen molar-refractivity contribution in [3.05, 3.63) is 34.3 Å². The van der Waals surface area contributed by atoms with Crippen molar-refractivity contribution in [1.82, 2.24) is 0 Å². The molecule has 2 N–H and O–H groups in total. The van der Waals surface area contributed by atoms with Crippen molar-refractivity contribution in [3.8, 4) is 0 Å². The van der Waals surface area contributed by atoms with Crippen LogP contribution in [0.4, 0.5) is 0 Å². The molecular formula is C13H18ClN. The second-order valence-electron chi connectivity index (χ2n) is 4.82. The maximum Gasteiger partial charge on any atom is 0.0435 e. The minimum atomic E-state index is 0.389. The highest BCUT2D eigenvalue weighted by Crippen LogP contribution is 2.42. The summed E-state index contributed by atoms with van der Waals surface area (Å²) in [6.07, 6.45) is 5.02. The fourth-order valence-corrected chi connectivity index (χ4v) is 2.50. The summed E-state index contributed by atoms with van der Waals surface area (Å²) in [4.78, 5) is 0. The lowest BCUT2D eigenvalue weighted by Crippen LogP contribution is -2.39. The molecule has 0 heterocycles. The van der Waals surface area contributed by atoms with E-state index in [1.807, 2.05) is 6.07 Å². The van der Waals surface area contributed by atoms with Crippen LogP contribution in [-0.4, -0.2) is 6.54 Å². The monoisotopic (exact) mass is 223 g/mol. The Morgan fingerprint density at radius 2 is 2.13 bits per heavy atom. The number of hydrogen-bond donors (Lipinski definition) is 1. The molecule has 1 saturated carbocycles. The molecule has 0 radical (unpaired) electrons. The van der Waals surface area contributed by atoms with Gasteiger partial charge in [0, 0.05) is 5.02 Å². The van der Waals surface area contributed by atoms with Crippen LogP contribution in [0, 0.1) is 12.3 Å². The minimum Gasteiger partial charge on any atom is -0.330 e. The van der Waals surface area contributed by atoms with Gasteiger partial charge in [-0.1, -0.05) is 30.2 Å². The fraction of sp³-hybridized carbons (Fsp3) is 0.538. The van der Waals surface area contributed by atoms with Gasteiger partial charge in [-0.3, -0.25) is 0 Å². The van der Waals surface area contributed by atoms with Crippen LogP contribution in [0.1, 0.15) is 30.4 Å². The van der Waals surface area contributed by atoms with Gasteiger partial charge in [0.1, 0.15) is 0 Å². The highest BCUT2D eigenvalue weighted by Gasteiger charge is 2.35. The van der Waals surface area contributed by atoms with Gasteiger partial charge >= 0.3 is 0 Å². The number of aryl methyl sites for hydroxylation is 1. The molecule has 0 spiro atoms. The third-order valence-corrected chi connectivity index (χ3v) is 4.07. The molecule has 0 bridgehead atoms. The molecule has 1 aliphatic rings. The van der Waals surface area contributed by atoms with Crippen molar-refractivity contribution in [2.75, 3.05) is 6.54 Å². The van der Waals surface area contributed by atoms with Gasteiger partial charge in [0.2, 0.25) is 0 Å². The molecule has 0 aliphatic heterocycles. The van der Waals surface area contributed by atoms with E-state index in [1.54, 1.807) is 0 Å². The molecule has 1 nitrogen and oxygen atoms in total. The predicted molar refractivity (Wildman–Crippen MR) is 65.2 cm³/mol. The van der Waals surface area contributed by atoms with Crippen molar-refractivity contribution < 1.29 is 0 Å². The van der Waals surface area contributed by atoms with Crippen LogP contribution in [0.3, 0.4) is 0 Å². The molecule has 15 heavy (non-hydrogen) atoms. The Balaban J connectivity index is 2.13. The summed E-state index contributed by atoms with van der Waals surface area (Å²) in [5, 5.41) is 0.856. The summed E-state index contributed by atoms with van der Waals surface area (Å²) in [6, 6.07) is 6.32. The molecule has 1 aromatic carbocycles. The Hall–Kier alpha value is -0.530. The molecular weight excluding hydrogens is 206 g/mol. The topological polar surface area (TPSA) is 26.0 Å². The first kappa shape index (κ1) is 11.0. The summed E-state index contributed by atoms with van der Waals surface area (Å²) < 4.78 is 0. The van der Waals surface area contributed by atoms with Gasteiger partial charge in [-0.05, 0) is 55.3 Å². The molecule has 2 heteroatoms. The van der Waals surface area contributed by atoms with Crippen LogP contribution in [0.2, 0.25) is 5.02 Å². The van der Waals surface area contributed by atoms with Crippen molar-refractivity contribution in [1.29, 1.82) is 0 Å². The standard InChI is InChI=1S/C13H18ClN/c1-10-7-11(3-4-12(10)14)8-13(9-15)5-2-6-13/h3-4,7H,2,5-6,8-9,15H2,1H3. The van der Waals surface area contributed by atoms with E-state index < -0.39 is 0 Å². The van der Waals surface area contributed by atoms with E-state index in [9.17, 15) is 0 Å². The van der Waals surface area contributed by atoms with Crippen molar-refractivity contribution in [3.63, 3.8) is 0 Å². The first-order valence-corrected chi connectivity index (χ1v) is 5.98. The SMILES string of the molecule is Cc1cc(CC2(CN)CCC2)ccc1Cl. The molecule has 0 amide bonds. The molecule has 2 rings (SSSR count). The maximum absolute atomic E-state index is 6.01. The highest BCUT2D eigenvalue weighted by molar-refractivity contribution is 6.31. The third kappa shape index (κ3) is 2.19. The normalized spacial score (nSPS) is 18.6. The van der Waals surface area contributed by atoms with Gasteiger partial charge in [0.25, 0.3) is 0 Å². The second-order valence-corrected chi connectivity index (χ2v) is 5.23. The van der Waals surface area contributed by atoms with Crippen LogP contribution >= 0.6 is 11.6 Å². The lowest BCUT2D eigenvalue weighted by atomic mass is 9.65. The van der Waals surface area contributed by atoms with E-state index in [-0.39, 0.29) is 0 Å². The Morgan fingerprint density at radius 3 is 2.60 bits per heavy atom. The Bertz CT molecular complexity index is 350. The number of nitrogens with two attached hydrogens (primary N) is 1. The smallest absolute Gasteiger partial charge is 0.0435 e. The van der Waals surface area contributed by atoms with Gasteiger partial charge < -0.3 is 5.73 Å². The first-order valence-electron chi connectivity index (χ1n) is 5.60. The van der Waals surface area contributed by atoms with Crippen LogP contribution in [-0.2, 0) is 6.42 Å². The zero-order valence-electron chi connectivity index (χ0n) is 9.22. The molecule has 82 valence electrons. The maximum atomic E-state index is 6.01. The van der Waals surface area contributed by atoms with E-state index in [0.717, 1.165) is 18.0 Å². The van der Waals surface area contributed by atoms with Gasteiger partial charge in [-0.2, -0.15) is 0 Å². The predicted octanol–water partition coefficient (Wildman–Crippen LogP) is 3.32. The number of halogens is 1. The van der Waals surface area contributed by atoms with Crippen molar-refractivity contribution in [2.45, 2.75) is 32.6 Å². The number of benzene rings is 1. The lowest BCUT2D eigenvalue weighted by molar-refractivity contribution is 0.145. The summed E-state index contributed by atoms with van der Waals surface area (Å²) in [5.74, 6) is 0. The van der Waals surface area contributed by atoms with E-state index in [2.05, 4.69) is 19.1 Å². The molecule has 0 aromatic heterocycles. The van der Waals surface area contributed by atoms with E-state index >= 15 is 0 Å². The molecule has 0 atom stereocenters. The molecule has 1 aromatic rings. The van der Waals surface area contributed by atoms with Crippen LogP contribution in [0.25, 0.3) is 0 Å².